The molecule has 2 heterocycles. The second-order valence-corrected chi connectivity index (χ2v) is 4.45. The molecule has 9 nitrogen and oxygen atoms in total. The van der Waals surface area contributed by atoms with Crippen LogP contribution in [0.5, 0.6) is 0 Å². The number of hydrogen-bond acceptors (Lipinski definition) is 5. The highest BCUT2D eigenvalue weighted by molar-refractivity contribution is 5.77. The smallest absolute Gasteiger partial charge is 0.325 e. The van der Waals surface area contributed by atoms with Crippen molar-refractivity contribution in [3.63, 3.8) is 0 Å². The molecule has 3 N–H and O–H groups in total. The van der Waals surface area contributed by atoms with Crippen LogP contribution in [0.25, 0.3) is 10.4 Å². The molecule has 0 aromatic carbocycles. The van der Waals surface area contributed by atoms with E-state index in [1.165, 1.54) is 11.1 Å². The van der Waals surface area contributed by atoms with Gasteiger partial charge in [0.05, 0.1) is 18.8 Å². The molecule has 0 saturated carbocycles. The van der Waals surface area contributed by atoms with Crippen LogP contribution in [0.3, 0.4) is 0 Å². The molecular weight excluding hydrogens is 254 g/mol. The summed E-state index contributed by atoms with van der Waals surface area (Å²) in [4.78, 5) is 15.8. The average Bonchev–Trinajstić information content (AvgIpc) is 2.77. The highest BCUT2D eigenvalue weighted by Crippen LogP contribution is 2.27. The minimum Gasteiger partial charge on any atom is -0.394 e. The number of nitrogens with zero attached hydrogens (tertiary/aromatic N) is 4. The van der Waals surface area contributed by atoms with E-state index in [0.29, 0.717) is 12.0 Å². The summed E-state index contributed by atoms with van der Waals surface area (Å²) in [5.74, 6) is 0. The number of azide groups is 1. The van der Waals surface area contributed by atoms with Crippen molar-refractivity contribution in [2.45, 2.75) is 37.9 Å². The first kappa shape index (κ1) is 13.6. The van der Waals surface area contributed by atoms with Crippen molar-refractivity contribution in [3.8, 4) is 0 Å². The molecule has 0 aromatic heterocycles. The van der Waals surface area contributed by atoms with Crippen LogP contribution in [-0.2, 0) is 4.74 Å². The van der Waals surface area contributed by atoms with Crippen LogP contribution in [-0.4, -0.2) is 52.4 Å². The number of nitrogens with one attached hydrogen (secondary N) is 1. The van der Waals surface area contributed by atoms with Gasteiger partial charge in [0, 0.05) is 17.5 Å². The maximum atomic E-state index is 11.8. The van der Waals surface area contributed by atoms with Crippen LogP contribution in [0.1, 0.15) is 13.3 Å². The van der Waals surface area contributed by atoms with Gasteiger partial charge < -0.3 is 20.3 Å². The lowest BCUT2D eigenvalue weighted by Gasteiger charge is -2.32. The standard InChI is InChI=1S/C10H15N5O4/c1-5-3-15(10(18)12-9(5)17)8-2-6(13-14-11)7(4-16)19-8/h3,6-9,16-17H,2,4H2,1H3,(H,12,18)/t6-,7-,8-,9?/m1/s1. The van der Waals surface area contributed by atoms with Gasteiger partial charge in [-0.05, 0) is 18.0 Å². The fourth-order valence-electron chi connectivity index (χ4n) is 2.11. The molecule has 0 radical (unpaired) electrons. The monoisotopic (exact) mass is 269 g/mol. The van der Waals surface area contributed by atoms with Crippen LogP contribution in [0.4, 0.5) is 4.79 Å². The summed E-state index contributed by atoms with van der Waals surface area (Å²) in [5, 5.41) is 24.5. The number of urea groups is 1. The number of carbonyl (C=O) groups excluding carboxylic acids is 1. The van der Waals surface area contributed by atoms with E-state index >= 15 is 0 Å². The summed E-state index contributed by atoms with van der Waals surface area (Å²) >= 11 is 0. The molecule has 0 bridgehead atoms. The zero-order valence-electron chi connectivity index (χ0n) is 10.3. The fourth-order valence-corrected chi connectivity index (χ4v) is 2.11. The van der Waals surface area contributed by atoms with E-state index in [0.717, 1.165) is 0 Å². The van der Waals surface area contributed by atoms with Crippen molar-refractivity contribution in [2.75, 3.05) is 6.61 Å². The number of aliphatic hydroxyl groups is 2. The highest BCUT2D eigenvalue weighted by atomic mass is 16.5. The van der Waals surface area contributed by atoms with Crippen LogP contribution in [0.2, 0.25) is 0 Å². The van der Waals surface area contributed by atoms with Crippen molar-refractivity contribution in [1.29, 1.82) is 0 Å². The van der Waals surface area contributed by atoms with Gasteiger partial charge in [-0.15, -0.1) is 0 Å². The maximum Gasteiger partial charge on any atom is 0.325 e. The lowest BCUT2D eigenvalue weighted by atomic mass is 10.1. The van der Waals surface area contributed by atoms with E-state index in [1.807, 2.05) is 0 Å². The van der Waals surface area contributed by atoms with Crippen LogP contribution >= 0.6 is 0 Å². The summed E-state index contributed by atoms with van der Waals surface area (Å²) in [5.41, 5.74) is 9.01. The molecule has 0 aliphatic carbocycles. The number of amides is 2. The zero-order valence-corrected chi connectivity index (χ0v) is 10.3. The van der Waals surface area contributed by atoms with E-state index < -0.39 is 30.6 Å². The lowest BCUT2D eigenvalue weighted by molar-refractivity contribution is -0.0418. The molecule has 0 aromatic rings. The van der Waals surface area contributed by atoms with E-state index in [4.69, 9.17) is 15.4 Å². The van der Waals surface area contributed by atoms with Gasteiger partial charge in [0.2, 0.25) is 0 Å². The second-order valence-electron chi connectivity index (χ2n) is 4.45. The molecule has 1 fully saturated rings. The van der Waals surface area contributed by atoms with Gasteiger partial charge in [0.15, 0.2) is 6.23 Å². The Morgan fingerprint density at radius 1 is 1.74 bits per heavy atom. The molecule has 4 atom stereocenters. The molecule has 2 amide bonds. The van der Waals surface area contributed by atoms with Gasteiger partial charge >= 0.3 is 6.03 Å². The van der Waals surface area contributed by atoms with Gasteiger partial charge in [0.25, 0.3) is 0 Å². The largest absolute Gasteiger partial charge is 0.394 e. The molecule has 2 aliphatic heterocycles. The van der Waals surface area contributed by atoms with Crippen LogP contribution < -0.4 is 5.32 Å². The highest BCUT2D eigenvalue weighted by Gasteiger charge is 2.40. The van der Waals surface area contributed by atoms with Gasteiger partial charge in [0.1, 0.15) is 6.23 Å². The van der Waals surface area contributed by atoms with Crippen molar-refractivity contribution in [2.24, 2.45) is 5.11 Å². The predicted octanol–water partition coefficient (Wildman–Crippen LogP) is 0.0200. The Hall–Kier alpha value is -1.80. The van der Waals surface area contributed by atoms with Crippen LogP contribution in [0, 0.1) is 0 Å². The summed E-state index contributed by atoms with van der Waals surface area (Å²) in [6.45, 7) is 1.38. The van der Waals surface area contributed by atoms with E-state index in [2.05, 4.69) is 15.3 Å². The molecule has 1 unspecified atom stereocenters. The third kappa shape index (κ3) is 2.64. The lowest BCUT2D eigenvalue weighted by Crippen LogP contribution is -2.51. The average molecular weight is 269 g/mol. The zero-order chi connectivity index (χ0) is 14.0. The molecule has 0 spiro atoms. The van der Waals surface area contributed by atoms with Crippen molar-refractivity contribution in [3.05, 3.63) is 22.2 Å². The molecule has 19 heavy (non-hydrogen) atoms. The summed E-state index contributed by atoms with van der Waals surface area (Å²) in [6, 6.07) is -1.02. The van der Waals surface area contributed by atoms with E-state index in [9.17, 15) is 9.90 Å². The fraction of sp³-hybridized carbons (Fsp3) is 0.700. The Balaban J connectivity index is 2.15. The minimum atomic E-state index is -1.01. The number of aliphatic hydroxyl groups excluding tert-OH is 2. The first-order chi connectivity index (χ1) is 9.06. The number of ether oxygens (including phenoxy) is 1. The molecule has 9 heteroatoms. The van der Waals surface area contributed by atoms with Crippen molar-refractivity contribution < 1.29 is 19.7 Å². The SMILES string of the molecule is CC1=CN([C@H]2C[C@@H](N=[N+]=[N-])[C@@H](CO)O2)C(=O)NC1O. The Bertz CT molecular complexity index is 447. The predicted molar refractivity (Wildman–Crippen MR) is 63.4 cm³/mol. The second kappa shape index (κ2) is 5.45. The Labute approximate surface area is 109 Å². The van der Waals surface area contributed by atoms with Crippen molar-refractivity contribution >= 4 is 6.03 Å². The molecule has 1 saturated heterocycles. The summed E-state index contributed by atoms with van der Waals surface area (Å²) in [7, 11) is 0. The molecular formula is C10H15N5O4. The molecule has 104 valence electrons. The Kier molecular flexibility index (Phi) is 3.91. The molecule has 2 rings (SSSR count). The van der Waals surface area contributed by atoms with Gasteiger partial charge in [-0.25, -0.2) is 4.79 Å². The Morgan fingerprint density at radius 2 is 2.47 bits per heavy atom. The maximum absolute atomic E-state index is 11.8. The van der Waals surface area contributed by atoms with E-state index in [1.54, 1.807) is 6.92 Å². The van der Waals surface area contributed by atoms with Crippen molar-refractivity contribution in [1.82, 2.24) is 10.2 Å². The minimum absolute atomic E-state index is 0.291. The third-order valence-corrected chi connectivity index (χ3v) is 3.16. The Morgan fingerprint density at radius 3 is 3.11 bits per heavy atom. The number of carbonyl (C=O) groups is 1. The number of rotatable bonds is 3. The van der Waals surface area contributed by atoms with Gasteiger partial charge in [-0.1, -0.05) is 5.11 Å². The topological polar surface area (TPSA) is 131 Å². The van der Waals surface area contributed by atoms with Gasteiger partial charge in [-0.2, -0.15) is 0 Å². The first-order valence-electron chi connectivity index (χ1n) is 5.82. The summed E-state index contributed by atoms with van der Waals surface area (Å²) in [6.07, 6.45) is -0.486. The third-order valence-electron chi connectivity index (χ3n) is 3.16. The normalized spacial score (nSPS) is 34.6. The van der Waals surface area contributed by atoms with Crippen LogP contribution in [0.15, 0.2) is 16.9 Å². The van der Waals surface area contributed by atoms with E-state index in [-0.39, 0.29) is 6.61 Å². The first-order valence-corrected chi connectivity index (χ1v) is 5.82. The molecule has 2 aliphatic rings. The quantitative estimate of drug-likeness (QED) is 0.378. The van der Waals surface area contributed by atoms with Gasteiger partial charge in [-0.3, -0.25) is 4.90 Å². The number of hydrogen-bond donors (Lipinski definition) is 3. The summed E-state index contributed by atoms with van der Waals surface area (Å²) < 4.78 is 5.49.